The van der Waals surface area contributed by atoms with E-state index < -0.39 is 11.8 Å². The molecule has 0 fully saturated rings. The summed E-state index contributed by atoms with van der Waals surface area (Å²) < 4.78 is 17.6. The van der Waals surface area contributed by atoms with Crippen molar-refractivity contribution < 1.29 is 13.9 Å². The van der Waals surface area contributed by atoms with Crippen LogP contribution in [0.15, 0.2) is 22.9 Å². The summed E-state index contributed by atoms with van der Waals surface area (Å²) in [5, 5.41) is 3.09. The fraction of sp³-hybridized carbons (Fsp3) is 0.100. The Morgan fingerprint density at radius 1 is 1.50 bits per heavy atom. The molecule has 0 aliphatic carbocycles. The van der Waals surface area contributed by atoms with Gasteiger partial charge in [0.2, 0.25) is 0 Å². The summed E-state index contributed by atoms with van der Waals surface area (Å²) >= 11 is 11.3. The Kier molecular flexibility index (Phi) is 4.97. The minimum absolute atomic E-state index is 0.107. The van der Waals surface area contributed by atoms with E-state index >= 15 is 0 Å². The first kappa shape index (κ1) is 14.3. The molecule has 0 saturated carbocycles. The lowest BCUT2D eigenvalue weighted by atomic mass is 10.2. The minimum Gasteiger partial charge on any atom is -0.466 e. The number of esters is 1. The highest BCUT2D eigenvalue weighted by atomic mass is 35.5. The zero-order chi connectivity index (χ0) is 13.7. The Morgan fingerprint density at radius 3 is 2.72 bits per heavy atom. The molecular formula is C10H6Cl2FN3O2. The molecule has 1 rings (SSSR count). The molecule has 94 valence electrons. The number of halogens is 3. The quantitative estimate of drug-likeness (QED) is 0.211. The summed E-state index contributed by atoms with van der Waals surface area (Å²) in [5.41, 5.74) is 8.11. The van der Waals surface area contributed by atoms with Gasteiger partial charge < -0.3 is 4.74 Å². The fourth-order valence-corrected chi connectivity index (χ4v) is 1.51. The largest absolute Gasteiger partial charge is 0.466 e. The number of carbonyl (C=O) groups excluding carboxylic acids is 1. The Hall–Kier alpha value is -1.75. The lowest BCUT2D eigenvalue weighted by molar-refractivity contribution is -0.136. The predicted octanol–water partition coefficient (Wildman–Crippen LogP) is 3.96. The normalized spacial score (nSPS) is 10.8. The van der Waals surface area contributed by atoms with Gasteiger partial charge in [-0.05, 0) is 29.3 Å². The van der Waals surface area contributed by atoms with Gasteiger partial charge in [0.25, 0.3) is 0 Å². The van der Waals surface area contributed by atoms with Crippen LogP contribution in [0, 0.1) is 5.82 Å². The summed E-state index contributed by atoms with van der Waals surface area (Å²) in [6.07, 6.45) is 1.10. The lowest BCUT2D eigenvalue weighted by Crippen LogP contribution is -2.02. The molecule has 0 heterocycles. The molecule has 0 saturated heterocycles. The molecule has 0 unspecified atom stereocenters. The first-order valence-corrected chi connectivity index (χ1v) is 5.25. The van der Waals surface area contributed by atoms with Crippen molar-refractivity contribution in [3.05, 3.63) is 49.7 Å². The molecule has 0 aromatic heterocycles. The van der Waals surface area contributed by atoms with Gasteiger partial charge in [0, 0.05) is 9.93 Å². The van der Waals surface area contributed by atoms with Crippen molar-refractivity contribution >= 4 is 35.2 Å². The number of methoxy groups -OCH3 is 1. The van der Waals surface area contributed by atoms with Gasteiger partial charge in [0.1, 0.15) is 11.5 Å². The van der Waals surface area contributed by atoms with Crippen molar-refractivity contribution in [2.75, 3.05) is 7.11 Å². The highest BCUT2D eigenvalue weighted by Gasteiger charge is 2.11. The second-order valence-electron chi connectivity index (χ2n) is 3.00. The third-order valence-corrected chi connectivity index (χ3v) is 2.50. The maximum atomic E-state index is 13.2. The van der Waals surface area contributed by atoms with E-state index in [2.05, 4.69) is 14.8 Å². The Bertz CT molecular complexity index is 568. The zero-order valence-corrected chi connectivity index (χ0v) is 10.5. The summed E-state index contributed by atoms with van der Waals surface area (Å²) in [7, 11) is 1.12. The van der Waals surface area contributed by atoms with Crippen molar-refractivity contribution in [1.82, 2.24) is 0 Å². The molecule has 18 heavy (non-hydrogen) atoms. The van der Waals surface area contributed by atoms with E-state index in [4.69, 9.17) is 28.7 Å². The van der Waals surface area contributed by atoms with Crippen LogP contribution >= 0.6 is 23.2 Å². The van der Waals surface area contributed by atoms with E-state index in [0.29, 0.717) is 0 Å². The van der Waals surface area contributed by atoms with Crippen molar-refractivity contribution in [3.8, 4) is 0 Å². The van der Waals surface area contributed by atoms with E-state index in [1.807, 2.05) is 0 Å². The number of ether oxygens (including phenoxy) is 1. The smallest absolute Gasteiger partial charge is 0.340 e. The standard InChI is InChI=1S/C10H6Cl2FN3O2/c1-18-10(17)9(15-16-14)3-5-2-8(13)7(12)4-6(5)11/h2-4H,1H3/b9-3-. The van der Waals surface area contributed by atoms with Crippen molar-refractivity contribution in [1.29, 1.82) is 0 Å². The molecule has 1 aromatic rings. The number of benzene rings is 1. The maximum absolute atomic E-state index is 13.2. The van der Waals surface area contributed by atoms with Crippen LogP contribution in [0.4, 0.5) is 4.39 Å². The Morgan fingerprint density at radius 2 is 2.17 bits per heavy atom. The molecule has 0 aliphatic heterocycles. The molecular weight excluding hydrogens is 284 g/mol. The van der Waals surface area contributed by atoms with Crippen LogP contribution in [0.1, 0.15) is 5.56 Å². The van der Waals surface area contributed by atoms with Crippen LogP contribution < -0.4 is 0 Å². The van der Waals surface area contributed by atoms with Gasteiger partial charge in [-0.3, -0.25) is 0 Å². The Labute approximate surface area is 111 Å². The number of nitrogens with zero attached hydrogens (tertiary/aromatic N) is 3. The fourth-order valence-electron chi connectivity index (χ4n) is 1.08. The maximum Gasteiger partial charge on any atom is 0.340 e. The number of hydrogen-bond donors (Lipinski definition) is 0. The molecule has 0 radical (unpaired) electrons. The lowest BCUT2D eigenvalue weighted by Gasteiger charge is -2.03. The molecule has 0 bridgehead atoms. The average molecular weight is 290 g/mol. The summed E-state index contributed by atoms with van der Waals surface area (Å²) in [6.45, 7) is 0. The SMILES string of the molecule is COC(=O)/C(=C/c1cc(F)c(Cl)cc1Cl)N=[N+]=[N-]. The molecule has 8 heteroatoms. The average Bonchev–Trinajstić information content (AvgIpc) is 2.34. The van der Waals surface area contributed by atoms with Crippen LogP contribution in [0.5, 0.6) is 0 Å². The van der Waals surface area contributed by atoms with Gasteiger partial charge in [-0.1, -0.05) is 28.3 Å². The summed E-state index contributed by atoms with van der Waals surface area (Å²) in [4.78, 5) is 13.7. The van der Waals surface area contributed by atoms with Crippen molar-refractivity contribution in [2.45, 2.75) is 0 Å². The zero-order valence-electron chi connectivity index (χ0n) is 9.02. The van der Waals surface area contributed by atoms with Crippen LogP contribution in [0.2, 0.25) is 10.0 Å². The second-order valence-corrected chi connectivity index (χ2v) is 3.81. The second kappa shape index (κ2) is 6.26. The van der Waals surface area contributed by atoms with Gasteiger partial charge in [-0.25, -0.2) is 9.18 Å². The van der Waals surface area contributed by atoms with Gasteiger partial charge in [0.05, 0.1) is 12.1 Å². The van der Waals surface area contributed by atoms with E-state index in [-0.39, 0.29) is 21.3 Å². The number of hydrogen-bond acceptors (Lipinski definition) is 3. The highest BCUT2D eigenvalue weighted by molar-refractivity contribution is 6.35. The highest BCUT2D eigenvalue weighted by Crippen LogP contribution is 2.26. The summed E-state index contributed by atoms with van der Waals surface area (Å²) in [6, 6.07) is 2.19. The van der Waals surface area contributed by atoms with Gasteiger partial charge in [-0.2, -0.15) is 0 Å². The van der Waals surface area contributed by atoms with Crippen LogP contribution in [0.3, 0.4) is 0 Å². The van der Waals surface area contributed by atoms with E-state index in [1.165, 1.54) is 6.07 Å². The molecule has 0 spiro atoms. The molecule has 5 nitrogen and oxygen atoms in total. The third kappa shape index (κ3) is 3.37. The third-order valence-electron chi connectivity index (χ3n) is 1.88. The summed E-state index contributed by atoms with van der Waals surface area (Å²) in [5.74, 6) is -1.57. The van der Waals surface area contributed by atoms with Gasteiger partial charge >= 0.3 is 5.97 Å². The first-order valence-electron chi connectivity index (χ1n) is 4.49. The van der Waals surface area contributed by atoms with Crippen LogP contribution in [0.25, 0.3) is 16.5 Å². The van der Waals surface area contributed by atoms with Crippen LogP contribution in [-0.2, 0) is 9.53 Å². The molecule has 0 amide bonds. The van der Waals surface area contributed by atoms with Gasteiger partial charge in [0.15, 0.2) is 0 Å². The monoisotopic (exact) mass is 289 g/mol. The first-order chi connectivity index (χ1) is 8.49. The molecule has 0 N–H and O–H groups in total. The molecule has 0 atom stereocenters. The molecule has 1 aromatic carbocycles. The Balaban J connectivity index is 3.32. The number of carbonyl (C=O) groups is 1. The molecule has 0 aliphatic rings. The van der Waals surface area contributed by atoms with E-state index in [0.717, 1.165) is 19.3 Å². The van der Waals surface area contributed by atoms with E-state index in [1.54, 1.807) is 0 Å². The predicted molar refractivity (Wildman–Crippen MR) is 65.6 cm³/mol. The topological polar surface area (TPSA) is 75.1 Å². The van der Waals surface area contributed by atoms with Gasteiger partial charge in [-0.15, -0.1) is 0 Å². The number of rotatable bonds is 3. The minimum atomic E-state index is -0.862. The van der Waals surface area contributed by atoms with Crippen molar-refractivity contribution in [2.24, 2.45) is 5.11 Å². The van der Waals surface area contributed by atoms with Crippen LogP contribution in [-0.4, -0.2) is 13.1 Å². The van der Waals surface area contributed by atoms with Crippen molar-refractivity contribution in [3.63, 3.8) is 0 Å². The van der Waals surface area contributed by atoms with E-state index in [9.17, 15) is 9.18 Å². The number of azide groups is 1.